The van der Waals surface area contributed by atoms with E-state index in [9.17, 15) is 19.5 Å². The van der Waals surface area contributed by atoms with Gasteiger partial charge in [-0.15, -0.1) is 0 Å². The van der Waals surface area contributed by atoms with Crippen molar-refractivity contribution in [3.05, 3.63) is 35.9 Å². The van der Waals surface area contributed by atoms with Crippen LogP contribution in [-0.4, -0.2) is 42.7 Å². The molecule has 7 nitrogen and oxygen atoms in total. The van der Waals surface area contributed by atoms with E-state index >= 15 is 0 Å². The van der Waals surface area contributed by atoms with Gasteiger partial charge in [-0.25, -0.2) is 9.59 Å². The molecule has 2 atom stereocenters. The van der Waals surface area contributed by atoms with Crippen LogP contribution in [0.25, 0.3) is 0 Å². The van der Waals surface area contributed by atoms with Crippen molar-refractivity contribution in [3.8, 4) is 0 Å². The maximum absolute atomic E-state index is 12.9. The number of methoxy groups -OCH3 is 2. The summed E-state index contributed by atoms with van der Waals surface area (Å²) in [6.45, 7) is 6.01. The number of amides is 1. The number of rotatable bonds is 5. The van der Waals surface area contributed by atoms with Crippen LogP contribution in [0, 0.1) is 5.41 Å². The first kappa shape index (κ1) is 20.6. The molecule has 0 spiro atoms. The third-order valence-corrected chi connectivity index (χ3v) is 4.20. The first-order valence-electron chi connectivity index (χ1n) is 7.72. The second-order valence-electron chi connectivity index (χ2n) is 6.74. The van der Waals surface area contributed by atoms with Gasteiger partial charge in [0.15, 0.2) is 5.54 Å². The monoisotopic (exact) mass is 351 g/mol. The normalized spacial score (nSPS) is 16.1. The average molecular weight is 351 g/mol. The van der Waals surface area contributed by atoms with Gasteiger partial charge in [-0.1, -0.05) is 51.1 Å². The molecular weight excluding hydrogens is 326 g/mol. The van der Waals surface area contributed by atoms with Crippen molar-refractivity contribution in [2.24, 2.45) is 5.41 Å². The van der Waals surface area contributed by atoms with Crippen LogP contribution in [0.1, 0.15) is 33.3 Å². The molecular formula is C18H25NO6. The van der Waals surface area contributed by atoms with E-state index in [-0.39, 0.29) is 5.56 Å². The summed E-state index contributed by atoms with van der Waals surface area (Å²) in [5.41, 5.74) is -5.67. The van der Waals surface area contributed by atoms with Gasteiger partial charge in [-0.05, 0) is 11.0 Å². The van der Waals surface area contributed by atoms with Gasteiger partial charge in [0.2, 0.25) is 11.5 Å². The molecule has 2 N–H and O–H groups in total. The van der Waals surface area contributed by atoms with Crippen molar-refractivity contribution in [2.75, 3.05) is 14.2 Å². The number of nitrogens with one attached hydrogen (secondary N) is 1. The van der Waals surface area contributed by atoms with Crippen molar-refractivity contribution in [2.45, 2.75) is 38.8 Å². The van der Waals surface area contributed by atoms with Gasteiger partial charge >= 0.3 is 11.9 Å². The van der Waals surface area contributed by atoms with E-state index in [1.807, 2.05) is 0 Å². The van der Waals surface area contributed by atoms with Crippen LogP contribution in [0.3, 0.4) is 0 Å². The largest absolute Gasteiger partial charge is 0.467 e. The third kappa shape index (κ3) is 3.24. The van der Waals surface area contributed by atoms with E-state index in [0.29, 0.717) is 0 Å². The van der Waals surface area contributed by atoms with E-state index in [1.165, 1.54) is 19.1 Å². The molecule has 0 unspecified atom stereocenters. The Kier molecular flexibility index (Phi) is 5.96. The minimum absolute atomic E-state index is 0.0934. The van der Waals surface area contributed by atoms with Crippen molar-refractivity contribution in [1.29, 1.82) is 0 Å². The zero-order valence-corrected chi connectivity index (χ0v) is 15.4. The minimum atomic E-state index is -2.51. The molecule has 1 aromatic rings. The van der Waals surface area contributed by atoms with Gasteiger partial charge in [-0.2, -0.15) is 0 Å². The Morgan fingerprint density at radius 2 is 1.44 bits per heavy atom. The summed E-state index contributed by atoms with van der Waals surface area (Å²) in [7, 11) is 2.21. The zero-order valence-electron chi connectivity index (χ0n) is 15.4. The van der Waals surface area contributed by atoms with E-state index in [4.69, 9.17) is 9.47 Å². The Morgan fingerprint density at radius 1 is 0.960 bits per heavy atom. The molecule has 0 bridgehead atoms. The molecule has 0 fully saturated rings. The van der Waals surface area contributed by atoms with E-state index in [2.05, 4.69) is 5.32 Å². The van der Waals surface area contributed by atoms with Gasteiger partial charge in [-0.3, -0.25) is 4.79 Å². The second kappa shape index (κ2) is 7.23. The van der Waals surface area contributed by atoms with E-state index in [1.54, 1.807) is 39.0 Å². The highest BCUT2D eigenvalue weighted by atomic mass is 16.5. The topological polar surface area (TPSA) is 102 Å². The molecule has 1 amide bonds. The Hall–Kier alpha value is -2.41. The highest BCUT2D eigenvalue weighted by molar-refractivity contribution is 5.98. The van der Waals surface area contributed by atoms with E-state index in [0.717, 1.165) is 14.2 Å². The minimum Gasteiger partial charge on any atom is -0.467 e. The number of aliphatic hydroxyl groups is 1. The highest BCUT2D eigenvalue weighted by Gasteiger charge is 2.69. The molecule has 1 rings (SSSR count). The van der Waals surface area contributed by atoms with Gasteiger partial charge in [0, 0.05) is 6.92 Å². The predicted molar refractivity (Wildman–Crippen MR) is 90.4 cm³/mol. The number of benzene rings is 1. The Bertz CT molecular complexity index is 651. The van der Waals surface area contributed by atoms with Gasteiger partial charge < -0.3 is 19.9 Å². The summed E-state index contributed by atoms with van der Waals surface area (Å²) in [6.07, 6.45) is 0. The first-order chi connectivity index (χ1) is 11.5. The van der Waals surface area contributed by atoms with Gasteiger partial charge in [0.25, 0.3) is 0 Å². The van der Waals surface area contributed by atoms with Crippen molar-refractivity contribution < 1.29 is 29.0 Å². The molecule has 1 aromatic carbocycles. The molecule has 0 aliphatic rings. The molecule has 0 aromatic heterocycles. The number of hydrogen-bond acceptors (Lipinski definition) is 6. The number of ether oxygens (including phenoxy) is 2. The van der Waals surface area contributed by atoms with Crippen LogP contribution in [0.5, 0.6) is 0 Å². The van der Waals surface area contributed by atoms with Gasteiger partial charge in [0.1, 0.15) is 0 Å². The van der Waals surface area contributed by atoms with Crippen LogP contribution in [-0.2, 0) is 29.5 Å². The maximum Gasteiger partial charge on any atom is 0.345 e. The summed E-state index contributed by atoms with van der Waals surface area (Å²) >= 11 is 0. The summed E-state index contributed by atoms with van der Waals surface area (Å²) in [4.78, 5) is 37.5. The number of carbonyl (C=O) groups is 3. The molecule has 7 heteroatoms. The van der Waals surface area contributed by atoms with Crippen LogP contribution < -0.4 is 5.32 Å². The lowest BCUT2D eigenvalue weighted by molar-refractivity contribution is -0.198. The molecule has 0 saturated heterocycles. The predicted octanol–water partition coefficient (Wildman–Crippen LogP) is 1.14. The quantitative estimate of drug-likeness (QED) is 0.772. The molecule has 0 radical (unpaired) electrons. The molecule has 0 heterocycles. The van der Waals surface area contributed by atoms with Gasteiger partial charge in [0.05, 0.1) is 14.2 Å². The fraction of sp³-hybridized carbons (Fsp3) is 0.500. The summed E-state index contributed by atoms with van der Waals surface area (Å²) in [6, 6.07) is 7.84. The summed E-state index contributed by atoms with van der Waals surface area (Å²) in [5.74, 6) is -2.67. The maximum atomic E-state index is 12.9. The van der Waals surface area contributed by atoms with Crippen LogP contribution in [0.4, 0.5) is 0 Å². The molecule has 0 aliphatic heterocycles. The fourth-order valence-electron chi connectivity index (χ4n) is 3.06. The van der Waals surface area contributed by atoms with Crippen LogP contribution in [0.15, 0.2) is 30.3 Å². The molecule has 25 heavy (non-hydrogen) atoms. The highest BCUT2D eigenvalue weighted by Crippen LogP contribution is 2.46. The lowest BCUT2D eigenvalue weighted by atomic mass is 9.61. The lowest BCUT2D eigenvalue weighted by Crippen LogP contribution is -2.75. The number of hydrogen-bond donors (Lipinski definition) is 2. The molecule has 0 aliphatic carbocycles. The average Bonchev–Trinajstić information content (AvgIpc) is 2.56. The molecule has 138 valence electrons. The van der Waals surface area contributed by atoms with E-state index < -0.39 is 34.4 Å². The van der Waals surface area contributed by atoms with Crippen molar-refractivity contribution in [3.63, 3.8) is 0 Å². The number of carbonyl (C=O) groups excluding carboxylic acids is 3. The third-order valence-electron chi connectivity index (χ3n) is 4.20. The smallest absolute Gasteiger partial charge is 0.345 e. The lowest BCUT2D eigenvalue weighted by Gasteiger charge is -2.50. The zero-order chi connectivity index (χ0) is 19.5. The van der Waals surface area contributed by atoms with Crippen molar-refractivity contribution >= 4 is 17.8 Å². The Balaban J connectivity index is 3.97. The summed E-state index contributed by atoms with van der Waals surface area (Å²) < 4.78 is 9.68. The Morgan fingerprint density at radius 3 is 1.80 bits per heavy atom. The first-order valence-corrected chi connectivity index (χ1v) is 7.72. The van der Waals surface area contributed by atoms with Crippen LogP contribution in [0.2, 0.25) is 0 Å². The molecule has 0 saturated carbocycles. The summed E-state index contributed by atoms with van der Waals surface area (Å²) in [5, 5.41) is 14.0. The Labute approximate surface area is 147 Å². The standard InChI is InChI=1S/C18H25NO6/c1-12(20)19-18(15(22)25-6,16(2,3)4)17(23,14(21)24-5)13-10-8-7-9-11-13/h7-11,23H,1-6H3,(H,19,20)/t17-,18-/m1/s1. The SMILES string of the molecule is COC(=O)[C@@](NC(C)=O)(C(C)(C)C)[C@](O)(C(=O)OC)c1ccccc1. The van der Waals surface area contributed by atoms with Crippen LogP contribution >= 0.6 is 0 Å². The fourth-order valence-corrected chi connectivity index (χ4v) is 3.06. The second-order valence-corrected chi connectivity index (χ2v) is 6.74. The number of esters is 2. The van der Waals surface area contributed by atoms with Crippen molar-refractivity contribution in [1.82, 2.24) is 5.32 Å².